The number of piperidine rings is 1. The van der Waals surface area contributed by atoms with E-state index in [2.05, 4.69) is 16.0 Å². The van der Waals surface area contributed by atoms with E-state index in [1.165, 1.54) is 0 Å². The number of aromatic amines is 1. The first-order chi connectivity index (χ1) is 12.1. The molecule has 0 bridgehead atoms. The molecule has 0 spiro atoms. The van der Waals surface area contributed by atoms with Gasteiger partial charge in [-0.15, -0.1) is 0 Å². The van der Waals surface area contributed by atoms with Gasteiger partial charge in [0.25, 0.3) is 5.56 Å². The molecule has 3 rings (SSSR count). The number of hydrogen-bond donors (Lipinski definition) is 1. The summed E-state index contributed by atoms with van der Waals surface area (Å²) in [6.07, 6.45) is 3.14. The van der Waals surface area contributed by atoms with Crippen LogP contribution in [0.3, 0.4) is 0 Å². The molecule has 5 heteroatoms. The van der Waals surface area contributed by atoms with Crippen LogP contribution >= 0.6 is 0 Å². The normalized spacial score (nSPS) is 17.0. The quantitative estimate of drug-likeness (QED) is 0.911. The summed E-state index contributed by atoms with van der Waals surface area (Å²) in [5, 5.41) is 9.71. The second kappa shape index (κ2) is 7.54. The summed E-state index contributed by atoms with van der Waals surface area (Å²) in [5.74, 6) is 0.843. The fourth-order valence-electron chi connectivity index (χ4n) is 3.18. The molecule has 2 heterocycles. The van der Waals surface area contributed by atoms with Gasteiger partial charge in [0, 0.05) is 31.4 Å². The molecule has 25 heavy (non-hydrogen) atoms. The molecule has 0 unspecified atom stereocenters. The summed E-state index contributed by atoms with van der Waals surface area (Å²) in [5.41, 5.74) is 1.35. The molecule has 0 radical (unpaired) electrons. The van der Waals surface area contributed by atoms with Crippen LogP contribution in [0, 0.1) is 23.7 Å². The maximum atomic E-state index is 11.8. The molecule has 1 aliphatic heterocycles. The predicted octanol–water partition coefficient (Wildman–Crippen LogP) is 2.87. The molecule has 1 aliphatic rings. The number of nitrogens with one attached hydrogen (secondary N) is 1. The largest absolute Gasteiger partial charge is 0.492 e. The molecule has 130 valence electrons. The SMILES string of the molecule is Cc1ccccc1OCC1(C#N)CCN(Cc2ccc[nH]c2=O)CC1. The van der Waals surface area contributed by atoms with Gasteiger partial charge in [-0.25, -0.2) is 0 Å². The second-order valence-corrected chi connectivity index (χ2v) is 6.75. The third kappa shape index (κ3) is 4.09. The van der Waals surface area contributed by atoms with Crippen molar-refractivity contribution in [3.63, 3.8) is 0 Å². The number of nitriles is 1. The van der Waals surface area contributed by atoms with Crippen molar-refractivity contribution in [2.24, 2.45) is 5.41 Å². The van der Waals surface area contributed by atoms with Gasteiger partial charge in [-0.05, 0) is 37.5 Å². The van der Waals surface area contributed by atoms with E-state index >= 15 is 0 Å². The fraction of sp³-hybridized carbons (Fsp3) is 0.400. The van der Waals surface area contributed by atoms with Crippen LogP contribution in [0.5, 0.6) is 5.75 Å². The van der Waals surface area contributed by atoms with E-state index in [0.717, 1.165) is 42.8 Å². The minimum Gasteiger partial charge on any atom is -0.492 e. The summed E-state index contributed by atoms with van der Waals surface area (Å²) in [6.45, 7) is 4.62. The topological polar surface area (TPSA) is 69.1 Å². The number of hydrogen-bond acceptors (Lipinski definition) is 4. The van der Waals surface area contributed by atoms with Crippen LogP contribution in [0.1, 0.15) is 24.0 Å². The number of likely N-dealkylation sites (tertiary alicyclic amines) is 1. The first kappa shape index (κ1) is 17.2. The minimum absolute atomic E-state index is 0.0393. The van der Waals surface area contributed by atoms with Crippen LogP contribution in [-0.4, -0.2) is 29.6 Å². The van der Waals surface area contributed by atoms with E-state index in [4.69, 9.17) is 4.74 Å². The van der Waals surface area contributed by atoms with Gasteiger partial charge < -0.3 is 9.72 Å². The van der Waals surface area contributed by atoms with Crippen molar-refractivity contribution < 1.29 is 4.74 Å². The van der Waals surface area contributed by atoms with Crippen molar-refractivity contribution in [1.29, 1.82) is 5.26 Å². The molecule has 0 atom stereocenters. The summed E-state index contributed by atoms with van der Waals surface area (Å²) in [7, 11) is 0. The first-order valence-corrected chi connectivity index (χ1v) is 8.60. The average molecular weight is 337 g/mol. The Morgan fingerprint density at radius 2 is 2.00 bits per heavy atom. The predicted molar refractivity (Wildman–Crippen MR) is 96.3 cm³/mol. The number of benzene rings is 1. The molecule has 0 saturated carbocycles. The lowest BCUT2D eigenvalue weighted by Crippen LogP contribution is -2.42. The lowest BCUT2D eigenvalue weighted by Gasteiger charge is -2.37. The van der Waals surface area contributed by atoms with Crippen molar-refractivity contribution in [1.82, 2.24) is 9.88 Å². The monoisotopic (exact) mass is 337 g/mol. The molecule has 1 aromatic heterocycles. The van der Waals surface area contributed by atoms with Gasteiger partial charge in [0.05, 0.1) is 11.5 Å². The Balaban J connectivity index is 1.59. The smallest absolute Gasteiger partial charge is 0.252 e. The highest BCUT2D eigenvalue weighted by molar-refractivity contribution is 5.32. The Morgan fingerprint density at radius 3 is 2.68 bits per heavy atom. The molecular formula is C20H23N3O2. The number of pyridine rings is 1. The van der Waals surface area contributed by atoms with E-state index < -0.39 is 5.41 Å². The average Bonchev–Trinajstić information content (AvgIpc) is 2.64. The summed E-state index contributed by atoms with van der Waals surface area (Å²) >= 11 is 0. The Morgan fingerprint density at radius 1 is 1.24 bits per heavy atom. The van der Waals surface area contributed by atoms with Crippen molar-refractivity contribution in [2.75, 3.05) is 19.7 Å². The minimum atomic E-state index is -0.456. The Bertz CT molecular complexity index is 814. The standard InChI is InChI=1S/C20H23N3O2/c1-16-5-2-3-7-18(16)25-15-20(14-21)8-11-23(12-9-20)13-17-6-4-10-22-19(17)24/h2-7,10H,8-9,11-13,15H2,1H3,(H,22,24). The third-order valence-corrected chi connectivity index (χ3v) is 4.94. The number of para-hydroxylation sites is 1. The molecule has 5 nitrogen and oxygen atoms in total. The van der Waals surface area contributed by atoms with Gasteiger partial charge in [-0.1, -0.05) is 24.3 Å². The number of ether oxygens (including phenoxy) is 1. The van der Waals surface area contributed by atoms with Crippen LogP contribution in [0.2, 0.25) is 0 Å². The number of aryl methyl sites for hydroxylation is 1. The third-order valence-electron chi connectivity index (χ3n) is 4.94. The zero-order valence-electron chi connectivity index (χ0n) is 14.5. The molecule has 1 N–H and O–H groups in total. The van der Waals surface area contributed by atoms with Gasteiger partial charge in [-0.3, -0.25) is 9.69 Å². The second-order valence-electron chi connectivity index (χ2n) is 6.75. The molecule has 1 fully saturated rings. The fourth-order valence-corrected chi connectivity index (χ4v) is 3.18. The first-order valence-electron chi connectivity index (χ1n) is 8.60. The van der Waals surface area contributed by atoms with E-state index in [1.807, 2.05) is 43.3 Å². The highest BCUT2D eigenvalue weighted by Crippen LogP contribution is 2.32. The number of rotatable bonds is 5. The summed E-state index contributed by atoms with van der Waals surface area (Å²) in [4.78, 5) is 16.7. The zero-order chi connectivity index (χ0) is 17.7. The molecule has 0 aliphatic carbocycles. The van der Waals surface area contributed by atoms with Crippen molar-refractivity contribution in [3.05, 3.63) is 64.1 Å². The highest BCUT2D eigenvalue weighted by Gasteiger charge is 2.36. The Kier molecular flexibility index (Phi) is 5.20. The number of H-pyrrole nitrogens is 1. The van der Waals surface area contributed by atoms with Gasteiger partial charge in [-0.2, -0.15) is 5.26 Å². The molecular weight excluding hydrogens is 314 g/mol. The van der Waals surface area contributed by atoms with Crippen LogP contribution in [0.25, 0.3) is 0 Å². The van der Waals surface area contributed by atoms with Gasteiger partial charge in [0.1, 0.15) is 12.4 Å². The van der Waals surface area contributed by atoms with E-state index in [-0.39, 0.29) is 5.56 Å². The van der Waals surface area contributed by atoms with Gasteiger partial charge in [0.15, 0.2) is 0 Å². The van der Waals surface area contributed by atoms with E-state index in [0.29, 0.717) is 13.2 Å². The van der Waals surface area contributed by atoms with E-state index in [9.17, 15) is 10.1 Å². The summed E-state index contributed by atoms with van der Waals surface area (Å²) < 4.78 is 5.95. The van der Waals surface area contributed by atoms with Crippen molar-refractivity contribution in [3.8, 4) is 11.8 Å². The van der Waals surface area contributed by atoms with Crippen LogP contribution in [0.4, 0.5) is 0 Å². The van der Waals surface area contributed by atoms with Crippen LogP contribution in [0.15, 0.2) is 47.4 Å². The zero-order valence-corrected chi connectivity index (χ0v) is 14.5. The van der Waals surface area contributed by atoms with Crippen molar-refractivity contribution >= 4 is 0 Å². The van der Waals surface area contributed by atoms with Crippen LogP contribution in [-0.2, 0) is 6.54 Å². The van der Waals surface area contributed by atoms with Gasteiger partial charge >= 0.3 is 0 Å². The molecule has 1 saturated heterocycles. The van der Waals surface area contributed by atoms with Crippen molar-refractivity contribution in [2.45, 2.75) is 26.3 Å². The molecule has 2 aromatic rings. The van der Waals surface area contributed by atoms with E-state index in [1.54, 1.807) is 6.20 Å². The maximum Gasteiger partial charge on any atom is 0.252 e. The lowest BCUT2D eigenvalue weighted by molar-refractivity contribution is 0.0917. The maximum absolute atomic E-state index is 11.8. The number of aromatic nitrogens is 1. The number of nitrogens with zero attached hydrogens (tertiary/aromatic N) is 2. The van der Waals surface area contributed by atoms with Gasteiger partial charge in [0.2, 0.25) is 0 Å². The summed E-state index contributed by atoms with van der Waals surface area (Å²) in [6, 6.07) is 14.1. The molecule has 1 aromatic carbocycles. The highest BCUT2D eigenvalue weighted by atomic mass is 16.5. The Labute approximate surface area is 147 Å². The Hall–Kier alpha value is -2.58. The lowest BCUT2D eigenvalue weighted by atomic mass is 9.80. The molecule has 0 amide bonds. The van der Waals surface area contributed by atoms with Crippen LogP contribution < -0.4 is 10.3 Å².